The Bertz CT molecular complexity index is 718. The SMILES string of the molecule is C=Cc1ccccc1CN(CCCCCCCCCCCCCCCCC)CCS(=O)(=O)O. The molecule has 1 N–H and O–H groups in total. The van der Waals surface area contributed by atoms with Gasteiger partial charge in [-0.2, -0.15) is 8.42 Å². The molecule has 0 saturated carbocycles. The van der Waals surface area contributed by atoms with E-state index in [1.807, 2.05) is 24.3 Å². The maximum Gasteiger partial charge on any atom is 0.266 e. The lowest BCUT2D eigenvalue weighted by Gasteiger charge is -2.23. The molecule has 0 aliphatic rings. The molecule has 190 valence electrons. The van der Waals surface area contributed by atoms with Crippen LogP contribution in [0, 0.1) is 0 Å². The molecule has 4 nitrogen and oxygen atoms in total. The van der Waals surface area contributed by atoms with Gasteiger partial charge in [-0.05, 0) is 24.1 Å². The largest absolute Gasteiger partial charge is 0.298 e. The lowest BCUT2D eigenvalue weighted by molar-refractivity contribution is 0.271. The number of hydrogen-bond donors (Lipinski definition) is 1. The van der Waals surface area contributed by atoms with E-state index in [1.165, 1.54) is 89.9 Å². The Morgan fingerprint density at radius 1 is 0.788 bits per heavy atom. The van der Waals surface area contributed by atoms with Crippen molar-refractivity contribution in [2.45, 2.75) is 110 Å². The fourth-order valence-corrected chi connectivity index (χ4v) is 4.83. The third-order valence-corrected chi connectivity index (χ3v) is 7.11. The van der Waals surface area contributed by atoms with Crippen LogP contribution < -0.4 is 0 Å². The summed E-state index contributed by atoms with van der Waals surface area (Å²) in [7, 11) is -3.95. The zero-order valence-corrected chi connectivity index (χ0v) is 22.0. The zero-order valence-electron chi connectivity index (χ0n) is 21.1. The molecule has 0 spiro atoms. The van der Waals surface area contributed by atoms with Crippen LogP contribution in [0.15, 0.2) is 30.8 Å². The molecule has 0 atom stereocenters. The van der Waals surface area contributed by atoms with Crippen LogP contribution in [0.2, 0.25) is 0 Å². The predicted octanol–water partition coefficient (Wildman–Crippen LogP) is 7.89. The minimum absolute atomic E-state index is 0.220. The van der Waals surface area contributed by atoms with Crippen molar-refractivity contribution in [3.05, 3.63) is 42.0 Å². The minimum Gasteiger partial charge on any atom is -0.298 e. The summed E-state index contributed by atoms with van der Waals surface area (Å²) in [5.74, 6) is -0.220. The van der Waals surface area contributed by atoms with Crippen LogP contribution >= 0.6 is 0 Å². The normalized spacial score (nSPS) is 11.8. The first-order valence-electron chi connectivity index (χ1n) is 13.3. The Morgan fingerprint density at radius 2 is 1.27 bits per heavy atom. The summed E-state index contributed by atoms with van der Waals surface area (Å²) in [6, 6.07) is 8.06. The van der Waals surface area contributed by atoms with E-state index in [0.29, 0.717) is 13.1 Å². The van der Waals surface area contributed by atoms with Gasteiger partial charge in [-0.3, -0.25) is 9.45 Å². The predicted molar refractivity (Wildman–Crippen MR) is 143 cm³/mol. The molecule has 0 fully saturated rings. The third kappa shape index (κ3) is 17.0. The van der Waals surface area contributed by atoms with Crippen molar-refractivity contribution in [1.82, 2.24) is 4.90 Å². The van der Waals surface area contributed by atoms with Gasteiger partial charge < -0.3 is 0 Å². The van der Waals surface area contributed by atoms with Crippen LogP contribution in [0.3, 0.4) is 0 Å². The van der Waals surface area contributed by atoms with Gasteiger partial charge in [-0.25, -0.2) is 0 Å². The number of benzene rings is 1. The Labute approximate surface area is 204 Å². The molecular weight excluding hydrogens is 430 g/mol. The average molecular weight is 480 g/mol. The molecule has 0 aliphatic heterocycles. The standard InChI is InChI=1S/C28H49NO3S/c1-3-5-6-7-8-9-10-11-12-13-14-15-16-17-20-23-29(24-25-33(30,31)32)26-28-22-19-18-21-27(28)4-2/h4,18-19,21-22H,2-3,5-17,20,23-26H2,1H3,(H,30,31,32). The van der Waals surface area contributed by atoms with Gasteiger partial charge >= 0.3 is 0 Å². The van der Waals surface area contributed by atoms with Gasteiger partial charge in [0, 0.05) is 13.1 Å². The zero-order chi connectivity index (χ0) is 24.2. The fourth-order valence-electron chi connectivity index (χ4n) is 4.34. The van der Waals surface area contributed by atoms with E-state index in [-0.39, 0.29) is 5.75 Å². The molecule has 0 aliphatic carbocycles. The number of rotatable bonds is 22. The van der Waals surface area contributed by atoms with E-state index in [4.69, 9.17) is 4.55 Å². The van der Waals surface area contributed by atoms with E-state index in [0.717, 1.165) is 24.1 Å². The summed E-state index contributed by atoms with van der Waals surface area (Å²) < 4.78 is 31.6. The van der Waals surface area contributed by atoms with Crippen molar-refractivity contribution in [3.63, 3.8) is 0 Å². The molecule has 1 aromatic rings. The molecule has 1 aromatic carbocycles. The highest BCUT2D eigenvalue weighted by molar-refractivity contribution is 7.85. The van der Waals surface area contributed by atoms with Crippen molar-refractivity contribution in [2.24, 2.45) is 0 Å². The van der Waals surface area contributed by atoms with Gasteiger partial charge in [0.05, 0.1) is 5.75 Å². The van der Waals surface area contributed by atoms with Gasteiger partial charge in [0.15, 0.2) is 0 Å². The van der Waals surface area contributed by atoms with Gasteiger partial charge in [0.25, 0.3) is 10.1 Å². The van der Waals surface area contributed by atoms with Crippen LogP contribution in [-0.2, 0) is 16.7 Å². The first-order chi connectivity index (χ1) is 16.0. The number of nitrogens with zero attached hydrogens (tertiary/aromatic N) is 1. The first kappa shape index (κ1) is 29.9. The number of hydrogen-bond acceptors (Lipinski definition) is 3. The second-order valence-electron chi connectivity index (χ2n) is 9.41. The molecule has 0 saturated heterocycles. The maximum absolute atomic E-state index is 11.2. The summed E-state index contributed by atoms with van der Waals surface area (Å²) in [5, 5.41) is 0. The van der Waals surface area contributed by atoms with Gasteiger partial charge in [-0.15, -0.1) is 0 Å². The molecule has 33 heavy (non-hydrogen) atoms. The average Bonchev–Trinajstić information content (AvgIpc) is 2.79. The molecule has 0 heterocycles. The highest BCUT2D eigenvalue weighted by Crippen LogP contribution is 2.16. The second kappa shape index (κ2) is 19.2. The Kier molecular flexibility index (Phi) is 17.3. The highest BCUT2D eigenvalue weighted by atomic mass is 32.2. The van der Waals surface area contributed by atoms with Crippen LogP contribution in [0.4, 0.5) is 0 Å². The quantitative estimate of drug-likeness (QED) is 0.136. The molecule has 1 rings (SSSR count). The van der Waals surface area contributed by atoms with Crippen LogP contribution in [0.5, 0.6) is 0 Å². The lowest BCUT2D eigenvalue weighted by Crippen LogP contribution is -2.30. The second-order valence-corrected chi connectivity index (χ2v) is 11.0. The molecule has 0 aromatic heterocycles. The van der Waals surface area contributed by atoms with E-state index in [2.05, 4.69) is 24.5 Å². The monoisotopic (exact) mass is 479 g/mol. The van der Waals surface area contributed by atoms with Crippen molar-refractivity contribution in [1.29, 1.82) is 0 Å². The highest BCUT2D eigenvalue weighted by Gasteiger charge is 2.12. The summed E-state index contributed by atoms with van der Waals surface area (Å²) in [6.07, 6.45) is 21.8. The summed E-state index contributed by atoms with van der Waals surface area (Å²) in [6.45, 7) is 8.02. The maximum atomic E-state index is 11.2. The smallest absolute Gasteiger partial charge is 0.266 e. The molecular formula is C28H49NO3S. The Morgan fingerprint density at radius 3 is 1.76 bits per heavy atom. The molecule has 0 amide bonds. The van der Waals surface area contributed by atoms with E-state index >= 15 is 0 Å². The van der Waals surface area contributed by atoms with Crippen LogP contribution in [-0.4, -0.2) is 36.7 Å². The summed E-state index contributed by atoms with van der Waals surface area (Å²) in [5.41, 5.74) is 2.22. The van der Waals surface area contributed by atoms with E-state index in [9.17, 15) is 8.42 Å². The van der Waals surface area contributed by atoms with Gasteiger partial charge in [0.1, 0.15) is 0 Å². The van der Waals surface area contributed by atoms with Crippen molar-refractivity contribution < 1.29 is 13.0 Å². The van der Waals surface area contributed by atoms with Crippen molar-refractivity contribution in [3.8, 4) is 0 Å². The molecule has 0 radical (unpaired) electrons. The Hall–Kier alpha value is -1.17. The van der Waals surface area contributed by atoms with E-state index in [1.54, 1.807) is 0 Å². The molecule has 5 heteroatoms. The number of unbranched alkanes of at least 4 members (excludes halogenated alkanes) is 14. The van der Waals surface area contributed by atoms with Gasteiger partial charge in [0.2, 0.25) is 0 Å². The van der Waals surface area contributed by atoms with E-state index < -0.39 is 10.1 Å². The summed E-state index contributed by atoms with van der Waals surface area (Å²) >= 11 is 0. The third-order valence-electron chi connectivity index (χ3n) is 6.41. The first-order valence-corrected chi connectivity index (χ1v) is 14.9. The Balaban J connectivity index is 2.15. The fraction of sp³-hybridized carbons (Fsp3) is 0.714. The van der Waals surface area contributed by atoms with Crippen LogP contribution in [0.25, 0.3) is 6.08 Å². The molecule has 0 unspecified atom stereocenters. The van der Waals surface area contributed by atoms with Crippen molar-refractivity contribution in [2.75, 3.05) is 18.8 Å². The van der Waals surface area contributed by atoms with Crippen molar-refractivity contribution >= 4 is 16.2 Å². The molecule has 0 bridgehead atoms. The lowest BCUT2D eigenvalue weighted by atomic mass is 10.0. The minimum atomic E-state index is -3.95. The van der Waals surface area contributed by atoms with Crippen LogP contribution in [0.1, 0.15) is 114 Å². The van der Waals surface area contributed by atoms with Gasteiger partial charge in [-0.1, -0.05) is 134 Å². The topological polar surface area (TPSA) is 57.6 Å². The summed E-state index contributed by atoms with van der Waals surface area (Å²) in [4.78, 5) is 2.14.